The monoisotopic (exact) mass is 439 g/mol. The van der Waals surface area contributed by atoms with E-state index < -0.39 is 10.0 Å². The number of halogens is 1. The maximum Gasteiger partial charge on any atom is 0.268 e. The molecule has 3 aromatic rings. The number of Topliss-reactive ketones (excluding diaryl/α,β-unsaturated/α-hetero) is 1. The largest absolute Gasteiger partial charge is 0.292 e. The zero-order chi connectivity index (χ0) is 16.6. The Bertz CT molecular complexity index is 991. The maximum atomic E-state index is 13.1. The summed E-state index contributed by atoms with van der Waals surface area (Å²) in [5, 5.41) is 0.768. The van der Waals surface area contributed by atoms with Crippen molar-refractivity contribution in [3.63, 3.8) is 0 Å². The van der Waals surface area contributed by atoms with Crippen LogP contribution >= 0.6 is 22.6 Å². The summed E-state index contributed by atoms with van der Waals surface area (Å²) in [7, 11) is -3.84. The lowest BCUT2D eigenvalue weighted by molar-refractivity contribution is 0.0982. The van der Waals surface area contributed by atoms with Crippen LogP contribution in [-0.4, -0.2) is 18.2 Å². The van der Waals surface area contributed by atoms with Gasteiger partial charge in [0.1, 0.15) is 5.69 Å². The Balaban J connectivity index is 2.43. The fourth-order valence-electron chi connectivity index (χ4n) is 2.52. The third kappa shape index (κ3) is 2.59. The van der Waals surface area contributed by atoms with Gasteiger partial charge in [-0.3, -0.25) is 4.79 Å². The second-order valence-corrected chi connectivity index (χ2v) is 7.90. The Morgan fingerprint density at radius 3 is 2.30 bits per heavy atom. The molecular weight excluding hydrogens is 425 g/mol. The predicted octanol–water partition coefficient (Wildman–Crippen LogP) is 4.08. The van der Waals surface area contributed by atoms with Gasteiger partial charge in [0.05, 0.1) is 14.0 Å². The number of carbonyl (C=O) groups excluding carboxylic acids is 1. The highest BCUT2D eigenvalue weighted by Crippen LogP contribution is 2.32. The zero-order valence-corrected chi connectivity index (χ0v) is 15.3. The predicted molar refractivity (Wildman–Crippen MR) is 98.3 cm³/mol. The summed E-state index contributed by atoms with van der Waals surface area (Å²) in [6, 6.07) is 15.4. The third-order valence-corrected chi connectivity index (χ3v) is 6.46. The number of aromatic nitrogens is 1. The molecular formula is C17H14INO3S. The number of hydrogen-bond acceptors (Lipinski definition) is 3. The molecule has 1 heterocycles. The molecule has 0 N–H and O–H groups in total. The molecule has 0 amide bonds. The van der Waals surface area contributed by atoms with Gasteiger partial charge in [-0.15, -0.1) is 0 Å². The molecule has 23 heavy (non-hydrogen) atoms. The number of rotatable bonds is 4. The minimum Gasteiger partial charge on any atom is -0.292 e. The Morgan fingerprint density at radius 1 is 1.04 bits per heavy atom. The number of para-hydroxylation sites is 1. The van der Waals surface area contributed by atoms with Crippen molar-refractivity contribution < 1.29 is 13.2 Å². The lowest BCUT2D eigenvalue weighted by Crippen LogP contribution is -2.18. The van der Waals surface area contributed by atoms with Gasteiger partial charge in [-0.05, 0) is 40.8 Å². The van der Waals surface area contributed by atoms with Crippen molar-refractivity contribution in [2.75, 3.05) is 0 Å². The van der Waals surface area contributed by atoms with E-state index >= 15 is 0 Å². The van der Waals surface area contributed by atoms with Crippen LogP contribution in [0.2, 0.25) is 0 Å². The van der Waals surface area contributed by atoms with Crippen molar-refractivity contribution in [1.29, 1.82) is 0 Å². The van der Waals surface area contributed by atoms with E-state index in [4.69, 9.17) is 0 Å². The number of hydrogen-bond donors (Lipinski definition) is 0. The number of benzene rings is 2. The van der Waals surface area contributed by atoms with E-state index in [-0.39, 0.29) is 22.8 Å². The first-order chi connectivity index (χ1) is 11.0. The van der Waals surface area contributed by atoms with E-state index in [1.165, 1.54) is 16.1 Å². The molecule has 1 aromatic heterocycles. The summed E-state index contributed by atoms with van der Waals surface area (Å²) in [6.07, 6.45) is 0.247. The van der Waals surface area contributed by atoms with Crippen LogP contribution in [-0.2, 0) is 10.0 Å². The first-order valence-corrected chi connectivity index (χ1v) is 9.63. The molecule has 0 fully saturated rings. The maximum absolute atomic E-state index is 13.1. The van der Waals surface area contributed by atoms with Crippen LogP contribution in [0.4, 0.5) is 0 Å². The molecule has 6 heteroatoms. The quantitative estimate of drug-likeness (QED) is 0.455. The summed E-state index contributed by atoms with van der Waals surface area (Å²) in [5.41, 5.74) is 0.760. The van der Waals surface area contributed by atoms with Gasteiger partial charge in [0.25, 0.3) is 10.0 Å². The molecule has 0 bridgehead atoms. The van der Waals surface area contributed by atoms with Crippen LogP contribution in [0, 0.1) is 3.57 Å². The molecule has 0 spiro atoms. The topological polar surface area (TPSA) is 56.1 Å². The molecule has 2 aromatic carbocycles. The Morgan fingerprint density at radius 2 is 1.65 bits per heavy atom. The van der Waals surface area contributed by atoms with Crippen molar-refractivity contribution in [2.24, 2.45) is 0 Å². The highest BCUT2D eigenvalue weighted by molar-refractivity contribution is 14.1. The smallest absolute Gasteiger partial charge is 0.268 e. The van der Waals surface area contributed by atoms with Crippen molar-refractivity contribution in [3.8, 4) is 0 Å². The van der Waals surface area contributed by atoms with E-state index in [1.54, 1.807) is 37.3 Å². The van der Waals surface area contributed by atoms with Gasteiger partial charge >= 0.3 is 0 Å². The summed E-state index contributed by atoms with van der Waals surface area (Å²) >= 11 is 2.05. The molecule has 0 aliphatic carbocycles. The number of nitrogens with zero attached hydrogens (tertiary/aromatic N) is 1. The number of carbonyl (C=O) groups is 1. The lowest BCUT2D eigenvalue weighted by atomic mass is 10.2. The first-order valence-electron chi connectivity index (χ1n) is 7.11. The van der Waals surface area contributed by atoms with E-state index in [2.05, 4.69) is 22.6 Å². The SMILES string of the molecule is CCC(=O)c1c(I)c2ccccc2n1S(=O)(=O)c1ccccc1. The molecule has 0 unspecified atom stereocenters. The van der Waals surface area contributed by atoms with Crippen molar-refractivity contribution in [1.82, 2.24) is 3.97 Å². The molecule has 0 aliphatic rings. The molecule has 118 valence electrons. The number of fused-ring (bicyclic) bond motifs is 1. The Labute approximate surface area is 148 Å². The van der Waals surface area contributed by atoms with Crippen molar-refractivity contribution in [2.45, 2.75) is 18.2 Å². The molecule has 0 atom stereocenters. The van der Waals surface area contributed by atoms with Crippen LogP contribution in [0.1, 0.15) is 23.8 Å². The average Bonchev–Trinajstić information content (AvgIpc) is 2.89. The normalized spacial score (nSPS) is 11.7. The second-order valence-electron chi connectivity index (χ2n) is 5.04. The van der Waals surface area contributed by atoms with Gasteiger partial charge in [0.15, 0.2) is 5.78 Å². The minimum atomic E-state index is -3.84. The summed E-state index contributed by atoms with van der Waals surface area (Å²) in [4.78, 5) is 12.6. The molecule has 0 radical (unpaired) electrons. The number of ketones is 1. The summed E-state index contributed by atoms with van der Waals surface area (Å²) in [5.74, 6) is -0.190. The molecule has 0 saturated heterocycles. The van der Waals surface area contributed by atoms with E-state index in [0.717, 1.165) is 5.39 Å². The van der Waals surface area contributed by atoms with Crippen molar-refractivity contribution in [3.05, 3.63) is 63.9 Å². The molecule has 4 nitrogen and oxygen atoms in total. The van der Waals surface area contributed by atoms with Crippen molar-refractivity contribution >= 4 is 49.3 Å². The van der Waals surface area contributed by atoms with E-state index in [1.807, 2.05) is 12.1 Å². The average molecular weight is 439 g/mol. The van der Waals surface area contributed by atoms with Crippen LogP contribution in [0.25, 0.3) is 10.9 Å². The lowest BCUT2D eigenvalue weighted by Gasteiger charge is -2.11. The van der Waals surface area contributed by atoms with Gasteiger partial charge in [-0.1, -0.05) is 43.3 Å². The van der Waals surface area contributed by atoms with Crippen LogP contribution in [0.15, 0.2) is 59.5 Å². The highest BCUT2D eigenvalue weighted by atomic mass is 127. The molecule has 0 saturated carbocycles. The van der Waals surface area contributed by atoms with Crippen LogP contribution < -0.4 is 0 Å². The Hall–Kier alpha value is -1.67. The van der Waals surface area contributed by atoms with Crippen LogP contribution in [0.5, 0.6) is 0 Å². The summed E-state index contributed by atoms with van der Waals surface area (Å²) < 4.78 is 28.1. The molecule has 3 rings (SSSR count). The third-order valence-electron chi connectivity index (χ3n) is 3.64. The van der Waals surface area contributed by atoms with Crippen LogP contribution in [0.3, 0.4) is 0 Å². The standard InChI is InChI=1S/C17H14INO3S/c1-2-15(20)17-16(18)13-10-6-7-11-14(13)19(17)23(21,22)12-8-4-3-5-9-12/h3-11H,2H2,1H3. The fourth-order valence-corrected chi connectivity index (χ4v) is 5.25. The van der Waals surface area contributed by atoms with Gasteiger partial charge in [-0.2, -0.15) is 0 Å². The first kappa shape index (κ1) is 16.2. The van der Waals surface area contributed by atoms with Gasteiger partial charge < -0.3 is 0 Å². The highest BCUT2D eigenvalue weighted by Gasteiger charge is 2.28. The minimum absolute atomic E-state index is 0.169. The van der Waals surface area contributed by atoms with Gasteiger partial charge in [0, 0.05) is 11.8 Å². The fraction of sp³-hybridized carbons (Fsp3) is 0.118. The second kappa shape index (κ2) is 6.09. The zero-order valence-electron chi connectivity index (χ0n) is 12.4. The molecule has 0 aliphatic heterocycles. The van der Waals surface area contributed by atoms with E-state index in [9.17, 15) is 13.2 Å². The van der Waals surface area contributed by atoms with Gasteiger partial charge in [-0.25, -0.2) is 12.4 Å². The summed E-state index contributed by atoms with van der Waals surface area (Å²) in [6.45, 7) is 1.73. The Kier molecular flexibility index (Phi) is 4.29. The van der Waals surface area contributed by atoms with E-state index in [0.29, 0.717) is 9.09 Å². The van der Waals surface area contributed by atoms with Gasteiger partial charge in [0.2, 0.25) is 0 Å².